The lowest BCUT2D eigenvalue weighted by atomic mass is 10.0. The molecule has 0 aliphatic rings. The van der Waals surface area contributed by atoms with Crippen LogP contribution < -0.4 is 11.2 Å². The number of hydrogen-bond donors (Lipinski definition) is 2. The second-order valence-electron chi connectivity index (χ2n) is 5.25. The second kappa shape index (κ2) is 15.8. The molecule has 24 heavy (non-hydrogen) atoms. The van der Waals surface area contributed by atoms with E-state index in [2.05, 4.69) is 30.1 Å². The zero-order chi connectivity index (χ0) is 18.0. The molecule has 0 bridgehead atoms. The average Bonchev–Trinajstić information content (AvgIpc) is 2.57. The molecule has 0 aromatic carbocycles. The van der Waals surface area contributed by atoms with E-state index in [-0.39, 0.29) is 0 Å². The molecule has 0 atom stereocenters. The van der Waals surface area contributed by atoms with E-state index in [0.717, 1.165) is 37.0 Å². The molecule has 4 heteroatoms. The summed E-state index contributed by atoms with van der Waals surface area (Å²) in [6.07, 6.45) is 19.9. The van der Waals surface area contributed by atoms with Crippen molar-refractivity contribution in [1.82, 2.24) is 5.32 Å². The summed E-state index contributed by atoms with van der Waals surface area (Å²) in [5.74, 6) is 6.00. The van der Waals surface area contributed by atoms with Crippen LogP contribution in [0.2, 0.25) is 0 Å². The highest BCUT2D eigenvalue weighted by molar-refractivity contribution is 5.36. The van der Waals surface area contributed by atoms with E-state index in [1.807, 2.05) is 38.2 Å². The fourth-order valence-corrected chi connectivity index (χ4v) is 2.03. The zero-order valence-electron chi connectivity index (χ0n) is 15.3. The minimum Gasteiger partial charge on any atom is -0.414 e. The van der Waals surface area contributed by atoms with Crippen LogP contribution in [0.15, 0.2) is 72.2 Å². The highest BCUT2D eigenvalue weighted by atomic mass is 16.6. The summed E-state index contributed by atoms with van der Waals surface area (Å²) in [6.45, 7) is 8.52. The van der Waals surface area contributed by atoms with E-state index in [9.17, 15) is 0 Å². The number of nitrogens with two attached hydrogens (primary N) is 1. The van der Waals surface area contributed by atoms with Crippen molar-refractivity contribution in [3.8, 4) is 0 Å². The third-order valence-electron chi connectivity index (χ3n) is 3.15. The highest BCUT2D eigenvalue weighted by Crippen LogP contribution is 2.15. The molecular formula is C20H32N2O2. The van der Waals surface area contributed by atoms with Crippen LogP contribution in [-0.4, -0.2) is 13.8 Å². The second-order valence-corrected chi connectivity index (χ2v) is 5.25. The van der Waals surface area contributed by atoms with Gasteiger partial charge in [0.2, 0.25) is 0 Å². The summed E-state index contributed by atoms with van der Waals surface area (Å²) >= 11 is 0. The van der Waals surface area contributed by atoms with Crippen molar-refractivity contribution < 1.29 is 9.57 Å². The van der Waals surface area contributed by atoms with Gasteiger partial charge in [0.1, 0.15) is 12.5 Å². The molecule has 0 spiro atoms. The van der Waals surface area contributed by atoms with E-state index < -0.39 is 0 Å². The van der Waals surface area contributed by atoms with Gasteiger partial charge < -0.3 is 14.9 Å². The summed E-state index contributed by atoms with van der Waals surface area (Å²) in [5, 5.41) is 2.97. The molecule has 0 heterocycles. The van der Waals surface area contributed by atoms with Gasteiger partial charge in [-0.1, -0.05) is 49.1 Å². The molecular weight excluding hydrogens is 300 g/mol. The van der Waals surface area contributed by atoms with Gasteiger partial charge in [0, 0.05) is 19.7 Å². The largest absolute Gasteiger partial charge is 0.414 e. The van der Waals surface area contributed by atoms with Gasteiger partial charge in [-0.15, -0.1) is 0 Å². The first-order valence-electron chi connectivity index (χ1n) is 8.27. The maximum atomic E-state index is 5.27. The normalized spacial score (nSPS) is 13.3. The van der Waals surface area contributed by atoms with E-state index in [1.165, 1.54) is 5.57 Å². The molecule has 0 aliphatic carbocycles. The molecule has 0 saturated carbocycles. The zero-order valence-corrected chi connectivity index (χ0v) is 15.3. The molecule has 0 saturated heterocycles. The van der Waals surface area contributed by atoms with Crippen LogP contribution in [0, 0.1) is 0 Å². The number of ether oxygens (including phenoxy) is 1. The van der Waals surface area contributed by atoms with Crippen molar-refractivity contribution in [1.29, 1.82) is 0 Å². The number of nitrogens with one attached hydrogen (secondary N) is 1. The average molecular weight is 332 g/mol. The van der Waals surface area contributed by atoms with Gasteiger partial charge >= 0.3 is 0 Å². The van der Waals surface area contributed by atoms with Crippen molar-refractivity contribution in [3.63, 3.8) is 0 Å². The molecule has 0 radical (unpaired) electrons. The molecule has 0 aromatic rings. The molecule has 0 aromatic heterocycles. The number of methoxy groups -OCH3 is 1. The topological polar surface area (TPSA) is 56.5 Å². The Morgan fingerprint density at radius 2 is 1.83 bits per heavy atom. The highest BCUT2D eigenvalue weighted by Gasteiger charge is 1.99. The third-order valence-corrected chi connectivity index (χ3v) is 3.15. The van der Waals surface area contributed by atoms with Gasteiger partial charge in [0.15, 0.2) is 0 Å². The Balaban J connectivity index is 4.39. The lowest BCUT2D eigenvalue weighted by Crippen LogP contribution is -2.12. The smallest absolute Gasteiger partial charge is 0.139 e. The van der Waals surface area contributed by atoms with Crippen molar-refractivity contribution >= 4 is 0 Å². The number of hydrogen-bond acceptors (Lipinski definition) is 4. The van der Waals surface area contributed by atoms with Crippen molar-refractivity contribution in [2.75, 3.05) is 13.8 Å². The van der Waals surface area contributed by atoms with Crippen LogP contribution in [0.4, 0.5) is 0 Å². The molecule has 0 amide bonds. The SMILES string of the molecule is C=C(/C=C\C=C/C)/C=C(\C=C/C)CCCC/C(=C/NCOC)ON. The van der Waals surface area contributed by atoms with E-state index >= 15 is 0 Å². The van der Waals surface area contributed by atoms with Crippen LogP contribution >= 0.6 is 0 Å². The molecule has 4 nitrogen and oxygen atoms in total. The predicted octanol–water partition coefficient (Wildman–Crippen LogP) is 4.66. The minimum atomic E-state index is 0.434. The minimum absolute atomic E-state index is 0.434. The first-order valence-corrected chi connectivity index (χ1v) is 8.27. The first-order chi connectivity index (χ1) is 11.7. The first kappa shape index (κ1) is 22.0. The molecule has 0 fully saturated rings. The Morgan fingerprint density at radius 1 is 1.08 bits per heavy atom. The van der Waals surface area contributed by atoms with Gasteiger partial charge in [-0.3, -0.25) is 0 Å². The fraction of sp³-hybridized carbons (Fsp3) is 0.400. The molecule has 134 valence electrons. The van der Waals surface area contributed by atoms with Gasteiger partial charge in [-0.25, -0.2) is 0 Å². The van der Waals surface area contributed by atoms with Crippen LogP contribution in [0.25, 0.3) is 0 Å². The molecule has 0 unspecified atom stereocenters. The van der Waals surface area contributed by atoms with Crippen molar-refractivity contribution in [2.45, 2.75) is 39.5 Å². The van der Waals surface area contributed by atoms with E-state index in [4.69, 9.17) is 15.5 Å². The Labute approximate surface area is 147 Å². The van der Waals surface area contributed by atoms with Crippen LogP contribution in [-0.2, 0) is 9.57 Å². The van der Waals surface area contributed by atoms with Gasteiger partial charge in [-0.2, -0.15) is 5.90 Å². The summed E-state index contributed by atoms with van der Waals surface area (Å²) in [5.41, 5.74) is 2.26. The predicted molar refractivity (Wildman–Crippen MR) is 103 cm³/mol. The number of unbranched alkanes of at least 4 members (excludes halogenated alkanes) is 1. The van der Waals surface area contributed by atoms with E-state index in [1.54, 1.807) is 13.3 Å². The quantitative estimate of drug-likeness (QED) is 0.169. The standard InChI is InChI=1S/C20H32N2O2/c1-5-7-8-12-18(3)15-19(11-6-2)13-9-10-14-20(24-21)16-22-17-23-4/h5-8,11-12,15-16,22H,3,9-10,13-14,17,21H2,1-2,4H3/b7-5-,11-6-,12-8-,19-15+,20-16-. The Bertz CT molecular complexity index is 486. The van der Waals surface area contributed by atoms with Crippen LogP contribution in [0.3, 0.4) is 0 Å². The summed E-state index contributed by atoms with van der Waals surface area (Å²) in [4.78, 5) is 4.86. The summed E-state index contributed by atoms with van der Waals surface area (Å²) in [7, 11) is 1.63. The van der Waals surface area contributed by atoms with Crippen molar-refractivity contribution in [2.24, 2.45) is 5.90 Å². The molecule has 3 N–H and O–H groups in total. The molecule has 0 aliphatic heterocycles. The lowest BCUT2D eigenvalue weighted by Gasteiger charge is -2.07. The van der Waals surface area contributed by atoms with E-state index in [0.29, 0.717) is 6.73 Å². The monoisotopic (exact) mass is 332 g/mol. The Hall–Kier alpha value is -2.04. The maximum Gasteiger partial charge on any atom is 0.139 e. The fourth-order valence-electron chi connectivity index (χ4n) is 2.03. The van der Waals surface area contributed by atoms with Crippen LogP contribution in [0.1, 0.15) is 39.5 Å². The van der Waals surface area contributed by atoms with Gasteiger partial charge in [0.05, 0.1) is 0 Å². The Morgan fingerprint density at radius 3 is 2.46 bits per heavy atom. The third kappa shape index (κ3) is 12.5. The number of allylic oxidation sites excluding steroid dienone is 10. The van der Waals surface area contributed by atoms with Crippen molar-refractivity contribution in [3.05, 3.63) is 72.2 Å². The van der Waals surface area contributed by atoms with Gasteiger partial charge in [-0.05, 0) is 44.3 Å². The Kier molecular flexibility index (Phi) is 14.5. The maximum absolute atomic E-state index is 5.27. The van der Waals surface area contributed by atoms with Crippen LogP contribution in [0.5, 0.6) is 0 Å². The summed E-state index contributed by atoms with van der Waals surface area (Å²) < 4.78 is 4.91. The molecule has 0 rings (SSSR count). The summed E-state index contributed by atoms with van der Waals surface area (Å²) in [6, 6.07) is 0. The number of rotatable bonds is 13. The lowest BCUT2D eigenvalue weighted by molar-refractivity contribution is 0.178. The van der Waals surface area contributed by atoms with Gasteiger partial charge in [0.25, 0.3) is 0 Å².